The molecule has 1 aromatic rings. The van der Waals surface area contributed by atoms with Crippen molar-refractivity contribution >= 4 is 11.8 Å². The predicted octanol–water partition coefficient (Wildman–Crippen LogP) is 6.18. The Bertz CT molecular complexity index is 499. The third-order valence-corrected chi connectivity index (χ3v) is 5.42. The van der Waals surface area contributed by atoms with Crippen LogP contribution in [0.4, 0.5) is 0 Å². The molecule has 1 aromatic carbocycles. The minimum absolute atomic E-state index is 0.421. The summed E-state index contributed by atoms with van der Waals surface area (Å²) in [6.07, 6.45) is 6.06. The van der Waals surface area contributed by atoms with Gasteiger partial charge in [0.05, 0.1) is 0 Å². The van der Waals surface area contributed by atoms with Crippen LogP contribution in [0.5, 0.6) is 5.75 Å². The first-order valence-electron chi connectivity index (χ1n) is 7.88. The van der Waals surface area contributed by atoms with E-state index in [1.54, 1.807) is 0 Å². The number of rotatable bonds is 7. The molecule has 0 aliphatic heterocycles. The van der Waals surface area contributed by atoms with Gasteiger partial charge in [-0.2, -0.15) is 0 Å². The normalized spacial score (nSPS) is 12.3. The van der Waals surface area contributed by atoms with E-state index in [1.165, 1.54) is 40.9 Å². The average Bonchev–Trinajstić information content (AvgIpc) is 2.39. The quantitative estimate of drug-likeness (QED) is 0.479. The van der Waals surface area contributed by atoms with Crippen LogP contribution in [0.3, 0.4) is 0 Å². The van der Waals surface area contributed by atoms with Crippen molar-refractivity contribution < 1.29 is 5.11 Å². The second-order valence-electron chi connectivity index (χ2n) is 6.39. The molecule has 0 aromatic heterocycles. The summed E-state index contributed by atoms with van der Waals surface area (Å²) in [5, 5.41) is 9.85. The fraction of sp³-hybridized carbons (Fsp3) is 0.579. The summed E-state index contributed by atoms with van der Waals surface area (Å²) in [5.74, 6) is 2.35. The van der Waals surface area contributed by atoms with Gasteiger partial charge in [-0.15, -0.1) is 11.8 Å². The number of aryl methyl sites for hydroxylation is 1. The molecule has 1 N–H and O–H groups in total. The van der Waals surface area contributed by atoms with E-state index in [0.717, 1.165) is 17.2 Å². The number of hydrogen-bond acceptors (Lipinski definition) is 2. The van der Waals surface area contributed by atoms with Crippen LogP contribution in [0.25, 0.3) is 0 Å². The van der Waals surface area contributed by atoms with Crippen molar-refractivity contribution in [3.05, 3.63) is 34.4 Å². The van der Waals surface area contributed by atoms with Crippen molar-refractivity contribution in [1.82, 2.24) is 0 Å². The Hall–Kier alpha value is -0.890. The molecule has 0 aliphatic rings. The first kappa shape index (κ1) is 18.2. The Balaban J connectivity index is 2.50. The molecule has 0 saturated carbocycles. The highest BCUT2D eigenvalue weighted by Crippen LogP contribution is 2.34. The van der Waals surface area contributed by atoms with Gasteiger partial charge in [-0.1, -0.05) is 18.6 Å². The van der Waals surface area contributed by atoms with Gasteiger partial charge in [-0.3, -0.25) is 0 Å². The number of aromatic hydroxyl groups is 1. The van der Waals surface area contributed by atoms with Crippen LogP contribution < -0.4 is 0 Å². The van der Waals surface area contributed by atoms with E-state index < -0.39 is 0 Å². The van der Waals surface area contributed by atoms with E-state index >= 15 is 0 Å². The maximum absolute atomic E-state index is 9.85. The van der Waals surface area contributed by atoms with E-state index in [1.807, 2.05) is 24.8 Å². The predicted molar refractivity (Wildman–Crippen MR) is 95.5 cm³/mol. The van der Waals surface area contributed by atoms with Crippen LogP contribution in [0.2, 0.25) is 0 Å². The van der Waals surface area contributed by atoms with Crippen molar-refractivity contribution in [2.45, 2.75) is 65.7 Å². The molecule has 1 rings (SSSR count). The summed E-state index contributed by atoms with van der Waals surface area (Å²) in [6, 6.07) is 1.89. The van der Waals surface area contributed by atoms with Gasteiger partial charge in [-0.05, 0) is 88.3 Å². The van der Waals surface area contributed by atoms with Gasteiger partial charge in [0.25, 0.3) is 0 Å². The molecule has 1 unspecified atom stereocenters. The molecule has 1 atom stereocenters. The van der Waals surface area contributed by atoms with Crippen molar-refractivity contribution in [3.8, 4) is 5.75 Å². The van der Waals surface area contributed by atoms with Gasteiger partial charge in [0.15, 0.2) is 0 Å². The number of allylic oxidation sites excluding steroid dienone is 2. The highest BCUT2D eigenvalue weighted by atomic mass is 32.2. The molecular formula is C19H30OS. The largest absolute Gasteiger partial charge is 0.508 e. The monoisotopic (exact) mass is 306 g/mol. The van der Waals surface area contributed by atoms with Crippen LogP contribution in [-0.4, -0.2) is 10.9 Å². The molecule has 0 radical (unpaired) electrons. The van der Waals surface area contributed by atoms with Crippen molar-refractivity contribution in [3.63, 3.8) is 0 Å². The third kappa shape index (κ3) is 5.78. The topological polar surface area (TPSA) is 20.2 Å². The molecule has 0 heterocycles. The van der Waals surface area contributed by atoms with Crippen molar-refractivity contribution in [1.29, 1.82) is 0 Å². The molecule has 2 heteroatoms. The number of benzene rings is 1. The van der Waals surface area contributed by atoms with Gasteiger partial charge < -0.3 is 5.11 Å². The lowest BCUT2D eigenvalue weighted by atomic mass is 10.0. The minimum Gasteiger partial charge on any atom is -0.508 e. The summed E-state index contributed by atoms with van der Waals surface area (Å²) < 4.78 is 0. The van der Waals surface area contributed by atoms with Crippen LogP contribution in [0.15, 0.2) is 22.6 Å². The summed E-state index contributed by atoms with van der Waals surface area (Å²) in [6.45, 7) is 12.9. The van der Waals surface area contributed by atoms with Crippen LogP contribution >= 0.6 is 11.8 Å². The number of thioether (sulfide) groups is 1. The van der Waals surface area contributed by atoms with E-state index in [9.17, 15) is 5.11 Å². The summed E-state index contributed by atoms with van der Waals surface area (Å²) in [7, 11) is 0. The van der Waals surface area contributed by atoms with Crippen molar-refractivity contribution in [2.75, 3.05) is 5.75 Å². The molecule has 0 aliphatic carbocycles. The van der Waals surface area contributed by atoms with E-state index in [0.29, 0.717) is 5.75 Å². The third-order valence-electron chi connectivity index (χ3n) is 4.07. The standard InChI is InChI=1S/C19H30OS/c1-13(2)8-7-9-14(3)10-11-21-19-15(4)12-18(20)16(5)17(19)6/h8,12,14,20H,7,9-11H2,1-6H3. The fourth-order valence-corrected chi connectivity index (χ4v) is 3.80. The molecular weight excluding hydrogens is 276 g/mol. The van der Waals surface area contributed by atoms with Crippen LogP contribution in [-0.2, 0) is 0 Å². The van der Waals surface area contributed by atoms with Crippen molar-refractivity contribution in [2.24, 2.45) is 5.92 Å². The smallest absolute Gasteiger partial charge is 0.119 e. The van der Waals surface area contributed by atoms with Crippen LogP contribution in [0.1, 0.15) is 56.7 Å². The first-order valence-corrected chi connectivity index (χ1v) is 8.87. The van der Waals surface area contributed by atoms with E-state index in [-0.39, 0.29) is 0 Å². The van der Waals surface area contributed by atoms with Gasteiger partial charge >= 0.3 is 0 Å². The summed E-state index contributed by atoms with van der Waals surface area (Å²) >= 11 is 1.94. The molecule has 118 valence electrons. The zero-order chi connectivity index (χ0) is 16.0. The van der Waals surface area contributed by atoms with Gasteiger partial charge in [-0.25, -0.2) is 0 Å². The maximum atomic E-state index is 9.85. The lowest BCUT2D eigenvalue weighted by Gasteiger charge is -2.15. The number of phenolic OH excluding ortho intramolecular Hbond substituents is 1. The molecule has 0 fully saturated rings. The molecule has 1 nitrogen and oxygen atoms in total. The van der Waals surface area contributed by atoms with Gasteiger partial charge in [0.2, 0.25) is 0 Å². The maximum Gasteiger partial charge on any atom is 0.119 e. The Morgan fingerprint density at radius 2 is 1.86 bits per heavy atom. The first-order chi connectivity index (χ1) is 9.82. The van der Waals surface area contributed by atoms with Gasteiger partial charge in [0, 0.05) is 4.90 Å². The summed E-state index contributed by atoms with van der Waals surface area (Å²) in [5.41, 5.74) is 4.86. The second-order valence-corrected chi connectivity index (χ2v) is 7.50. The van der Waals surface area contributed by atoms with Crippen LogP contribution in [0, 0.1) is 26.7 Å². The molecule has 0 bridgehead atoms. The second kappa shape index (κ2) is 8.53. The fourth-order valence-electron chi connectivity index (χ4n) is 2.42. The number of hydrogen-bond donors (Lipinski definition) is 1. The van der Waals surface area contributed by atoms with E-state index in [4.69, 9.17) is 0 Å². The Morgan fingerprint density at radius 1 is 1.19 bits per heavy atom. The molecule has 0 spiro atoms. The number of phenols is 1. The Morgan fingerprint density at radius 3 is 2.48 bits per heavy atom. The molecule has 21 heavy (non-hydrogen) atoms. The Kier molecular flexibility index (Phi) is 7.37. The lowest BCUT2D eigenvalue weighted by molar-refractivity contribution is 0.469. The highest BCUT2D eigenvalue weighted by molar-refractivity contribution is 7.99. The molecule has 0 saturated heterocycles. The Labute approximate surface area is 134 Å². The lowest BCUT2D eigenvalue weighted by Crippen LogP contribution is -1.97. The van der Waals surface area contributed by atoms with Gasteiger partial charge in [0.1, 0.15) is 5.75 Å². The molecule has 0 amide bonds. The SMILES string of the molecule is CC(C)=CCCC(C)CCSc1c(C)cc(O)c(C)c1C. The van der Waals surface area contributed by atoms with E-state index in [2.05, 4.69) is 40.7 Å². The zero-order valence-electron chi connectivity index (χ0n) is 14.4. The average molecular weight is 307 g/mol. The minimum atomic E-state index is 0.421. The zero-order valence-corrected chi connectivity index (χ0v) is 15.2. The summed E-state index contributed by atoms with van der Waals surface area (Å²) in [4.78, 5) is 1.35. The highest BCUT2D eigenvalue weighted by Gasteiger charge is 2.10.